The predicted octanol–water partition coefficient (Wildman–Crippen LogP) is 3.58. The number of carbonyl (C=O) groups is 1. The van der Waals surface area contributed by atoms with Crippen molar-refractivity contribution in [3.8, 4) is 0 Å². The minimum atomic E-state index is -3.60. The first-order valence-electron chi connectivity index (χ1n) is 8.40. The van der Waals surface area contributed by atoms with Gasteiger partial charge >= 0.3 is 0 Å². The number of sulfonamides is 1. The average Bonchev–Trinajstić information content (AvgIpc) is 3.44. The van der Waals surface area contributed by atoms with Crippen molar-refractivity contribution in [1.29, 1.82) is 0 Å². The Labute approximate surface area is 161 Å². The highest BCUT2D eigenvalue weighted by Gasteiger charge is 2.28. The Balaban J connectivity index is 1.63. The topological polar surface area (TPSA) is 88.2 Å². The van der Waals surface area contributed by atoms with Crippen molar-refractivity contribution in [3.63, 3.8) is 0 Å². The van der Waals surface area contributed by atoms with Crippen LogP contribution in [0.15, 0.2) is 59.6 Å². The van der Waals surface area contributed by atoms with Crippen LogP contribution in [0.2, 0.25) is 5.02 Å². The number of fused-ring (bicyclic) bond motifs is 1. The van der Waals surface area contributed by atoms with Crippen LogP contribution in [-0.4, -0.2) is 25.4 Å². The van der Waals surface area contributed by atoms with Crippen LogP contribution in [0.4, 0.5) is 5.69 Å². The van der Waals surface area contributed by atoms with Crippen LogP contribution in [0, 0.1) is 0 Å². The summed E-state index contributed by atoms with van der Waals surface area (Å²) in [7, 11) is -3.60. The van der Waals surface area contributed by atoms with Gasteiger partial charge in [-0.1, -0.05) is 23.7 Å². The van der Waals surface area contributed by atoms with E-state index in [1.165, 1.54) is 12.1 Å². The maximum absolute atomic E-state index is 12.8. The molecule has 0 spiro atoms. The average molecular weight is 402 g/mol. The monoisotopic (exact) mass is 401 g/mol. The number of hydrogen-bond acceptors (Lipinski definition) is 4. The van der Waals surface area contributed by atoms with Crippen LogP contribution < -0.4 is 10.0 Å². The molecule has 1 aliphatic carbocycles. The number of benzene rings is 2. The van der Waals surface area contributed by atoms with Crippen molar-refractivity contribution in [3.05, 3.63) is 65.3 Å². The number of aromatic nitrogens is 1. The van der Waals surface area contributed by atoms with Crippen LogP contribution in [-0.2, 0) is 10.0 Å². The van der Waals surface area contributed by atoms with Gasteiger partial charge in [0, 0.05) is 28.3 Å². The van der Waals surface area contributed by atoms with Gasteiger partial charge in [-0.2, -0.15) is 0 Å². The molecule has 0 radical (unpaired) electrons. The van der Waals surface area contributed by atoms with Crippen LogP contribution in [0.5, 0.6) is 0 Å². The number of nitrogens with zero attached hydrogens (tertiary/aromatic N) is 1. The summed E-state index contributed by atoms with van der Waals surface area (Å²) in [5.41, 5.74) is 1.23. The molecule has 2 aromatic carbocycles. The summed E-state index contributed by atoms with van der Waals surface area (Å²) >= 11 is 6.11. The number of pyridine rings is 1. The van der Waals surface area contributed by atoms with E-state index in [4.69, 9.17) is 11.6 Å². The summed E-state index contributed by atoms with van der Waals surface area (Å²) in [6.45, 7) is 0. The third-order valence-corrected chi connectivity index (χ3v) is 5.95. The van der Waals surface area contributed by atoms with E-state index in [1.54, 1.807) is 36.5 Å². The van der Waals surface area contributed by atoms with Crippen LogP contribution in [0.3, 0.4) is 0 Å². The Morgan fingerprint density at radius 1 is 1.11 bits per heavy atom. The van der Waals surface area contributed by atoms with Crippen LogP contribution in [0.1, 0.15) is 23.2 Å². The zero-order chi connectivity index (χ0) is 19.0. The van der Waals surface area contributed by atoms with E-state index >= 15 is 0 Å². The maximum atomic E-state index is 12.8. The van der Waals surface area contributed by atoms with Crippen molar-refractivity contribution in [2.24, 2.45) is 0 Å². The van der Waals surface area contributed by atoms with E-state index in [9.17, 15) is 13.2 Å². The molecular weight excluding hydrogens is 386 g/mol. The Morgan fingerprint density at radius 3 is 2.70 bits per heavy atom. The molecule has 1 heterocycles. The second-order valence-electron chi connectivity index (χ2n) is 6.41. The van der Waals surface area contributed by atoms with Crippen molar-refractivity contribution in [2.45, 2.75) is 23.8 Å². The summed E-state index contributed by atoms with van der Waals surface area (Å²) in [5.74, 6) is -0.411. The first-order chi connectivity index (χ1) is 12.9. The first-order valence-corrected chi connectivity index (χ1v) is 10.3. The second-order valence-corrected chi connectivity index (χ2v) is 8.56. The fraction of sp³-hybridized carbons (Fsp3) is 0.158. The number of amides is 1. The van der Waals surface area contributed by atoms with E-state index < -0.39 is 15.9 Å². The van der Waals surface area contributed by atoms with Gasteiger partial charge in [0.25, 0.3) is 5.91 Å². The number of rotatable bonds is 5. The largest absolute Gasteiger partial charge is 0.322 e. The molecule has 0 atom stereocenters. The van der Waals surface area contributed by atoms with Crippen LogP contribution >= 0.6 is 11.6 Å². The highest BCUT2D eigenvalue weighted by molar-refractivity contribution is 7.89. The highest BCUT2D eigenvalue weighted by Crippen LogP contribution is 2.25. The highest BCUT2D eigenvalue weighted by atomic mass is 35.5. The van der Waals surface area contributed by atoms with Gasteiger partial charge in [-0.05, 0) is 49.2 Å². The van der Waals surface area contributed by atoms with Gasteiger partial charge in [0.05, 0.1) is 16.0 Å². The lowest BCUT2D eigenvalue weighted by molar-refractivity contribution is 0.102. The summed E-state index contributed by atoms with van der Waals surface area (Å²) in [6.07, 6.45) is 3.30. The molecule has 0 unspecified atom stereocenters. The summed E-state index contributed by atoms with van der Waals surface area (Å²) in [5, 5.41) is 3.90. The van der Waals surface area contributed by atoms with Gasteiger partial charge < -0.3 is 5.32 Å². The quantitative estimate of drug-likeness (QED) is 0.683. The van der Waals surface area contributed by atoms with Crippen molar-refractivity contribution < 1.29 is 13.2 Å². The van der Waals surface area contributed by atoms with Gasteiger partial charge in [0.1, 0.15) is 0 Å². The van der Waals surface area contributed by atoms with E-state index in [0.29, 0.717) is 21.8 Å². The molecule has 0 bridgehead atoms. The number of hydrogen-bond donors (Lipinski definition) is 2. The van der Waals surface area contributed by atoms with Gasteiger partial charge in [0.15, 0.2) is 0 Å². The lowest BCUT2D eigenvalue weighted by Gasteiger charge is -2.10. The number of nitrogens with one attached hydrogen (secondary N) is 2. The first kappa shape index (κ1) is 17.9. The molecule has 4 rings (SSSR count). The molecular formula is C19H16ClN3O3S. The van der Waals surface area contributed by atoms with Crippen molar-refractivity contribution in [2.75, 3.05) is 5.32 Å². The molecule has 6 nitrogen and oxygen atoms in total. The molecule has 1 saturated carbocycles. The zero-order valence-corrected chi connectivity index (χ0v) is 15.7. The number of halogens is 1. The Hall–Kier alpha value is -2.48. The second kappa shape index (κ2) is 6.92. The molecule has 2 N–H and O–H groups in total. The predicted molar refractivity (Wildman–Crippen MR) is 104 cm³/mol. The van der Waals surface area contributed by atoms with Gasteiger partial charge in [-0.15, -0.1) is 0 Å². The Morgan fingerprint density at radius 2 is 1.93 bits per heavy atom. The molecule has 27 heavy (non-hydrogen) atoms. The standard InChI is InChI=1S/C19H16ClN3O3S/c20-13-9-12-3-2-8-21-18(12)17(10-13)19(24)22-15-4-1-5-16(11-15)27(25,26)23-14-6-7-14/h1-5,8-11,14,23H,6-7H2,(H,22,24). The SMILES string of the molecule is O=C(Nc1cccc(S(=O)(=O)NC2CC2)c1)c1cc(Cl)cc2cccnc12. The van der Waals surface area contributed by atoms with E-state index in [-0.39, 0.29) is 10.9 Å². The molecule has 8 heteroatoms. The van der Waals surface area contributed by atoms with Crippen LogP contribution in [0.25, 0.3) is 10.9 Å². The van der Waals surface area contributed by atoms with E-state index in [0.717, 1.165) is 18.2 Å². The smallest absolute Gasteiger partial charge is 0.257 e. The Bertz CT molecular complexity index is 1140. The molecule has 1 aliphatic rings. The van der Waals surface area contributed by atoms with Gasteiger partial charge in [-0.3, -0.25) is 9.78 Å². The number of anilines is 1. The molecule has 138 valence electrons. The normalized spacial score (nSPS) is 14.3. The summed E-state index contributed by atoms with van der Waals surface area (Å²) < 4.78 is 27.3. The fourth-order valence-electron chi connectivity index (χ4n) is 2.76. The molecule has 0 saturated heterocycles. The third kappa shape index (κ3) is 3.95. The molecule has 1 amide bonds. The van der Waals surface area contributed by atoms with E-state index in [2.05, 4.69) is 15.0 Å². The number of carbonyl (C=O) groups excluding carboxylic acids is 1. The Kier molecular flexibility index (Phi) is 4.59. The lowest BCUT2D eigenvalue weighted by atomic mass is 10.1. The van der Waals surface area contributed by atoms with Gasteiger partial charge in [-0.25, -0.2) is 13.1 Å². The minimum absolute atomic E-state index is 0.0112. The minimum Gasteiger partial charge on any atom is -0.322 e. The summed E-state index contributed by atoms with van der Waals surface area (Å²) in [6, 6.07) is 13.0. The molecule has 1 fully saturated rings. The zero-order valence-electron chi connectivity index (χ0n) is 14.1. The molecule has 0 aliphatic heterocycles. The van der Waals surface area contributed by atoms with Crippen molar-refractivity contribution >= 4 is 44.1 Å². The maximum Gasteiger partial charge on any atom is 0.257 e. The van der Waals surface area contributed by atoms with Gasteiger partial charge in [0.2, 0.25) is 10.0 Å². The molecule has 3 aromatic rings. The summed E-state index contributed by atoms with van der Waals surface area (Å²) in [4.78, 5) is 17.1. The lowest BCUT2D eigenvalue weighted by Crippen LogP contribution is -2.25. The van der Waals surface area contributed by atoms with Crippen molar-refractivity contribution in [1.82, 2.24) is 9.71 Å². The fourth-order valence-corrected chi connectivity index (χ4v) is 4.33. The third-order valence-electron chi connectivity index (χ3n) is 4.22. The van der Waals surface area contributed by atoms with E-state index in [1.807, 2.05) is 6.07 Å². The molecule has 1 aromatic heterocycles.